The van der Waals surface area contributed by atoms with Crippen molar-refractivity contribution in [2.75, 3.05) is 5.32 Å². The number of amides is 1. The zero-order valence-corrected chi connectivity index (χ0v) is 13.7. The van der Waals surface area contributed by atoms with Gasteiger partial charge in [-0.1, -0.05) is 24.3 Å². The number of aromatic nitrogens is 2. The van der Waals surface area contributed by atoms with Gasteiger partial charge in [-0.15, -0.1) is 0 Å². The molecule has 2 aromatic carbocycles. The van der Waals surface area contributed by atoms with Crippen LogP contribution in [-0.4, -0.2) is 15.5 Å². The molecule has 0 fully saturated rings. The Morgan fingerprint density at radius 1 is 1.20 bits per heavy atom. The van der Waals surface area contributed by atoms with E-state index in [9.17, 15) is 9.59 Å². The Morgan fingerprint density at radius 3 is 2.64 bits per heavy atom. The molecule has 1 N–H and O–H groups in total. The van der Waals surface area contributed by atoms with Gasteiger partial charge in [0.15, 0.2) is 0 Å². The van der Waals surface area contributed by atoms with Gasteiger partial charge in [0.25, 0.3) is 5.56 Å². The number of anilines is 1. The zero-order chi connectivity index (χ0) is 17.8. The van der Waals surface area contributed by atoms with Crippen molar-refractivity contribution in [3.63, 3.8) is 0 Å². The van der Waals surface area contributed by atoms with Crippen molar-refractivity contribution >= 4 is 22.5 Å². The Morgan fingerprint density at radius 2 is 1.92 bits per heavy atom. The van der Waals surface area contributed by atoms with Crippen LogP contribution in [0.5, 0.6) is 0 Å². The predicted octanol–water partition coefficient (Wildman–Crippen LogP) is 2.41. The van der Waals surface area contributed by atoms with E-state index < -0.39 is 0 Å². The van der Waals surface area contributed by atoms with Gasteiger partial charge in [0.1, 0.15) is 12.4 Å². The fraction of sp³-hybridized carbons (Fsp3) is 0.158. The van der Waals surface area contributed by atoms with Crippen LogP contribution in [0.1, 0.15) is 11.4 Å². The smallest absolute Gasteiger partial charge is 0.261 e. The van der Waals surface area contributed by atoms with E-state index in [0.717, 1.165) is 5.56 Å². The fourth-order valence-electron chi connectivity index (χ4n) is 2.61. The Kier molecular flexibility index (Phi) is 4.57. The summed E-state index contributed by atoms with van der Waals surface area (Å²) in [6, 6.07) is 16.2. The summed E-state index contributed by atoms with van der Waals surface area (Å²) in [7, 11) is 0. The molecule has 1 aromatic heterocycles. The molecule has 3 rings (SSSR count). The lowest BCUT2D eigenvalue weighted by molar-refractivity contribution is -0.116. The molecule has 0 aliphatic carbocycles. The molecule has 0 aliphatic rings. The Hall–Kier alpha value is -3.46. The number of nitriles is 1. The normalized spacial score (nSPS) is 10.4. The van der Waals surface area contributed by atoms with Crippen molar-refractivity contribution in [1.82, 2.24) is 9.55 Å². The zero-order valence-electron chi connectivity index (χ0n) is 13.7. The molecule has 1 heterocycles. The number of nitrogens with zero attached hydrogens (tertiary/aromatic N) is 3. The van der Waals surface area contributed by atoms with Crippen LogP contribution in [0.2, 0.25) is 0 Å². The molecular formula is C19H16N4O2. The first-order valence-corrected chi connectivity index (χ1v) is 7.80. The van der Waals surface area contributed by atoms with E-state index in [4.69, 9.17) is 5.26 Å². The Bertz CT molecular complexity index is 1030. The molecule has 3 aromatic rings. The van der Waals surface area contributed by atoms with Crippen molar-refractivity contribution in [1.29, 1.82) is 5.26 Å². The highest BCUT2D eigenvalue weighted by molar-refractivity contribution is 5.90. The lowest BCUT2D eigenvalue weighted by atomic mass is 10.1. The number of benzene rings is 2. The minimum Gasteiger partial charge on any atom is -0.325 e. The molecule has 0 saturated carbocycles. The number of carbonyl (C=O) groups excluding carboxylic acids is 1. The summed E-state index contributed by atoms with van der Waals surface area (Å²) in [5.74, 6) is 0.179. The van der Waals surface area contributed by atoms with Gasteiger partial charge in [0.05, 0.1) is 23.4 Å². The summed E-state index contributed by atoms with van der Waals surface area (Å²) in [5.41, 5.74) is 1.88. The molecule has 1 amide bonds. The summed E-state index contributed by atoms with van der Waals surface area (Å²) in [5, 5.41) is 11.9. The second-order valence-electron chi connectivity index (χ2n) is 5.65. The number of nitrogens with one attached hydrogen (secondary N) is 1. The van der Waals surface area contributed by atoms with Crippen LogP contribution < -0.4 is 10.9 Å². The minimum atomic E-state index is -0.310. The maximum Gasteiger partial charge on any atom is 0.261 e. The highest BCUT2D eigenvalue weighted by atomic mass is 16.2. The molecule has 0 aliphatic heterocycles. The fourth-order valence-corrected chi connectivity index (χ4v) is 2.61. The van der Waals surface area contributed by atoms with Crippen LogP contribution in [0.15, 0.2) is 53.3 Å². The van der Waals surface area contributed by atoms with Crippen molar-refractivity contribution in [3.8, 4) is 6.07 Å². The van der Waals surface area contributed by atoms with Crippen molar-refractivity contribution in [2.45, 2.75) is 19.9 Å². The summed E-state index contributed by atoms with van der Waals surface area (Å²) in [6.45, 7) is 1.60. The lowest BCUT2D eigenvalue weighted by Crippen LogP contribution is -2.30. The van der Waals surface area contributed by atoms with E-state index >= 15 is 0 Å². The summed E-state index contributed by atoms with van der Waals surface area (Å²) < 4.78 is 1.36. The van der Waals surface area contributed by atoms with Crippen LogP contribution >= 0.6 is 0 Å². The molecule has 0 spiro atoms. The molecule has 6 heteroatoms. The highest BCUT2D eigenvalue weighted by Crippen LogP contribution is 2.11. The predicted molar refractivity (Wildman–Crippen MR) is 95.1 cm³/mol. The number of rotatable bonds is 4. The molecule has 6 nitrogen and oxygen atoms in total. The minimum absolute atomic E-state index is 0.109. The van der Waals surface area contributed by atoms with Crippen molar-refractivity contribution in [2.24, 2.45) is 0 Å². The lowest BCUT2D eigenvalue weighted by Gasteiger charge is -2.11. The summed E-state index contributed by atoms with van der Waals surface area (Å²) >= 11 is 0. The van der Waals surface area contributed by atoms with Gasteiger partial charge in [-0.2, -0.15) is 5.26 Å². The number of fused-ring (bicyclic) bond motifs is 1. The van der Waals surface area contributed by atoms with E-state index in [0.29, 0.717) is 28.8 Å². The van der Waals surface area contributed by atoms with E-state index in [-0.39, 0.29) is 18.0 Å². The summed E-state index contributed by atoms with van der Waals surface area (Å²) in [6.07, 6.45) is 0.325. The average molecular weight is 332 g/mol. The monoisotopic (exact) mass is 332 g/mol. The SMILES string of the molecule is Cc1nc2ccccc2c(=O)n1CC(=O)Nc1ccc(CC#N)cc1. The van der Waals surface area contributed by atoms with Gasteiger partial charge < -0.3 is 5.32 Å². The first-order valence-electron chi connectivity index (χ1n) is 7.80. The van der Waals surface area contributed by atoms with E-state index in [2.05, 4.69) is 16.4 Å². The molecule has 0 saturated heterocycles. The van der Waals surface area contributed by atoms with Crippen LogP contribution in [-0.2, 0) is 17.8 Å². The van der Waals surface area contributed by atoms with Gasteiger partial charge >= 0.3 is 0 Å². The third-order valence-electron chi connectivity index (χ3n) is 3.88. The first kappa shape index (κ1) is 16.4. The van der Waals surface area contributed by atoms with Crippen LogP contribution in [0.3, 0.4) is 0 Å². The molecule has 0 unspecified atom stereocenters. The third kappa shape index (κ3) is 3.56. The van der Waals surface area contributed by atoms with Gasteiger partial charge in [-0.25, -0.2) is 4.98 Å². The van der Waals surface area contributed by atoms with Gasteiger partial charge in [-0.05, 0) is 36.8 Å². The summed E-state index contributed by atoms with van der Waals surface area (Å²) in [4.78, 5) is 29.2. The van der Waals surface area contributed by atoms with Gasteiger partial charge in [0.2, 0.25) is 5.91 Å². The quantitative estimate of drug-likeness (QED) is 0.795. The highest BCUT2D eigenvalue weighted by Gasteiger charge is 2.11. The van der Waals surface area contributed by atoms with Crippen molar-refractivity contribution < 1.29 is 4.79 Å². The van der Waals surface area contributed by atoms with E-state index in [1.54, 1.807) is 49.4 Å². The van der Waals surface area contributed by atoms with Gasteiger partial charge in [0, 0.05) is 5.69 Å². The number of carbonyl (C=O) groups is 1. The number of hydrogen-bond acceptors (Lipinski definition) is 4. The molecule has 0 radical (unpaired) electrons. The molecule has 0 bridgehead atoms. The standard InChI is InChI=1S/C19H16N4O2/c1-13-21-17-5-3-2-4-16(17)19(25)23(13)12-18(24)22-15-8-6-14(7-9-15)10-11-20/h2-9H,10,12H2,1H3,(H,22,24). The molecule has 0 atom stereocenters. The van der Waals surface area contributed by atoms with E-state index in [1.807, 2.05) is 6.07 Å². The topological polar surface area (TPSA) is 87.8 Å². The van der Waals surface area contributed by atoms with Crippen LogP contribution in [0.25, 0.3) is 10.9 Å². The molecular weight excluding hydrogens is 316 g/mol. The largest absolute Gasteiger partial charge is 0.325 e. The molecule has 25 heavy (non-hydrogen) atoms. The third-order valence-corrected chi connectivity index (χ3v) is 3.88. The Labute approximate surface area is 144 Å². The number of aryl methyl sites for hydroxylation is 1. The maximum atomic E-state index is 12.6. The second-order valence-corrected chi connectivity index (χ2v) is 5.65. The van der Waals surface area contributed by atoms with Crippen LogP contribution in [0.4, 0.5) is 5.69 Å². The van der Waals surface area contributed by atoms with Crippen molar-refractivity contribution in [3.05, 3.63) is 70.3 Å². The van der Waals surface area contributed by atoms with E-state index in [1.165, 1.54) is 4.57 Å². The maximum absolute atomic E-state index is 12.6. The molecule has 124 valence electrons. The average Bonchev–Trinajstić information content (AvgIpc) is 2.60. The number of hydrogen-bond donors (Lipinski definition) is 1. The Balaban J connectivity index is 1.80. The van der Waals surface area contributed by atoms with Gasteiger partial charge in [-0.3, -0.25) is 14.2 Å². The number of para-hydroxylation sites is 1. The van der Waals surface area contributed by atoms with Crippen LogP contribution in [0, 0.1) is 18.3 Å². The first-order chi connectivity index (χ1) is 12.1. The second kappa shape index (κ2) is 6.97.